The Kier molecular flexibility index (Phi) is 3.48. The number of carbonyl (C=O) groups excluding carboxylic acids is 1. The zero-order valence-corrected chi connectivity index (χ0v) is 7.08. The normalized spacial score (nSPS) is 9.75. The highest BCUT2D eigenvalue weighted by atomic mass is 16.1. The van der Waals surface area contributed by atoms with E-state index in [1.807, 2.05) is 37.3 Å². The molecular formula is C10H12NO. The second-order valence-corrected chi connectivity index (χ2v) is 2.46. The molecule has 0 saturated heterocycles. The molecule has 0 spiro atoms. The quantitative estimate of drug-likeness (QED) is 0.682. The van der Waals surface area contributed by atoms with Gasteiger partial charge in [-0.15, -0.1) is 0 Å². The molecule has 2 nitrogen and oxygen atoms in total. The summed E-state index contributed by atoms with van der Waals surface area (Å²) in [4.78, 5) is 11.3. The highest BCUT2D eigenvalue weighted by Gasteiger charge is 2.01. The molecule has 0 aromatic heterocycles. The van der Waals surface area contributed by atoms with Crippen molar-refractivity contribution in [2.24, 2.45) is 0 Å². The summed E-state index contributed by atoms with van der Waals surface area (Å²) in [7, 11) is 0. The molecule has 0 unspecified atom stereocenters. The molecule has 63 valence electrons. The molecule has 0 atom stereocenters. The molecule has 1 aromatic carbocycles. The molecule has 1 aromatic rings. The van der Waals surface area contributed by atoms with Crippen LogP contribution in [0.15, 0.2) is 30.3 Å². The van der Waals surface area contributed by atoms with E-state index in [0.717, 1.165) is 5.56 Å². The number of rotatable bonds is 4. The van der Waals surface area contributed by atoms with Gasteiger partial charge in [-0.3, -0.25) is 4.79 Å². The molecule has 2 heteroatoms. The summed E-state index contributed by atoms with van der Waals surface area (Å²) >= 11 is 0. The summed E-state index contributed by atoms with van der Waals surface area (Å²) in [6.45, 7) is 4.00. The largest absolute Gasteiger partial charge is 0.306 e. The number of Topliss-reactive ketones (excluding diaryl/α,β-unsaturated/α-hetero) is 1. The van der Waals surface area contributed by atoms with Gasteiger partial charge in [-0.25, -0.2) is 0 Å². The standard InChI is InChI=1S/C10H12NO/c1-2-11-8-10(12)9-6-4-3-5-7-9/h2-7,11H,8H2,1H3. The smallest absolute Gasteiger partial charge is 0.176 e. The lowest BCUT2D eigenvalue weighted by Crippen LogP contribution is -2.19. The SMILES string of the molecule is C[CH]NCC(=O)c1ccccc1. The van der Waals surface area contributed by atoms with E-state index in [9.17, 15) is 4.79 Å². The van der Waals surface area contributed by atoms with Crippen molar-refractivity contribution in [3.63, 3.8) is 0 Å². The van der Waals surface area contributed by atoms with Gasteiger partial charge in [0.25, 0.3) is 0 Å². The monoisotopic (exact) mass is 162 g/mol. The zero-order valence-electron chi connectivity index (χ0n) is 7.08. The Morgan fingerprint density at radius 3 is 2.67 bits per heavy atom. The van der Waals surface area contributed by atoms with Crippen LogP contribution in [0.25, 0.3) is 0 Å². The van der Waals surface area contributed by atoms with Crippen LogP contribution in [-0.4, -0.2) is 12.3 Å². The van der Waals surface area contributed by atoms with Crippen molar-refractivity contribution in [2.45, 2.75) is 6.92 Å². The van der Waals surface area contributed by atoms with E-state index >= 15 is 0 Å². The maximum absolute atomic E-state index is 11.3. The Balaban J connectivity index is 2.54. The summed E-state index contributed by atoms with van der Waals surface area (Å²) in [6.07, 6.45) is 0. The van der Waals surface area contributed by atoms with Crippen LogP contribution in [0.5, 0.6) is 0 Å². The van der Waals surface area contributed by atoms with Gasteiger partial charge in [0.05, 0.1) is 6.54 Å². The molecule has 0 aliphatic heterocycles. The molecule has 1 radical (unpaired) electrons. The van der Waals surface area contributed by atoms with Crippen molar-refractivity contribution < 1.29 is 4.79 Å². The third-order valence-electron chi connectivity index (χ3n) is 1.56. The van der Waals surface area contributed by atoms with E-state index in [1.54, 1.807) is 6.54 Å². The van der Waals surface area contributed by atoms with E-state index < -0.39 is 0 Å². The van der Waals surface area contributed by atoms with Gasteiger partial charge in [0.1, 0.15) is 0 Å². The van der Waals surface area contributed by atoms with Crippen LogP contribution < -0.4 is 5.32 Å². The number of ketones is 1. The topological polar surface area (TPSA) is 29.1 Å². The fourth-order valence-corrected chi connectivity index (χ4v) is 0.921. The van der Waals surface area contributed by atoms with Gasteiger partial charge >= 0.3 is 0 Å². The first kappa shape index (κ1) is 8.94. The molecule has 0 heterocycles. The molecule has 0 aliphatic carbocycles. The minimum atomic E-state index is 0.119. The molecule has 0 amide bonds. The van der Waals surface area contributed by atoms with Crippen LogP contribution in [0.3, 0.4) is 0 Å². The van der Waals surface area contributed by atoms with Crippen LogP contribution in [0.2, 0.25) is 0 Å². The molecule has 1 N–H and O–H groups in total. The first-order valence-electron chi connectivity index (χ1n) is 3.94. The van der Waals surface area contributed by atoms with Gasteiger partial charge in [0.2, 0.25) is 0 Å². The Hall–Kier alpha value is -1.15. The first-order chi connectivity index (χ1) is 5.84. The minimum absolute atomic E-state index is 0.119. The van der Waals surface area contributed by atoms with Gasteiger partial charge in [-0.05, 0) is 6.92 Å². The molecule has 0 saturated carbocycles. The third kappa shape index (κ3) is 2.47. The number of hydrogen-bond acceptors (Lipinski definition) is 2. The van der Waals surface area contributed by atoms with Crippen molar-refractivity contribution in [1.29, 1.82) is 0 Å². The first-order valence-corrected chi connectivity index (χ1v) is 3.94. The second-order valence-electron chi connectivity index (χ2n) is 2.46. The van der Waals surface area contributed by atoms with Gasteiger partial charge in [-0.1, -0.05) is 30.3 Å². The maximum atomic E-state index is 11.3. The lowest BCUT2D eigenvalue weighted by molar-refractivity contribution is 0.0993. The zero-order chi connectivity index (χ0) is 8.81. The van der Waals surface area contributed by atoms with Gasteiger partial charge in [-0.2, -0.15) is 0 Å². The highest BCUT2D eigenvalue weighted by molar-refractivity contribution is 5.97. The molecule has 0 bridgehead atoms. The van der Waals surface area contributed by atoms with Crippen LogP contribution in [0.1, 0.15) is 17.3 Å². The van der Waals surface area contributed by atoms with Crippen LogP contribution in [0, 0.1) is 6.54 Å². The Morgan fingerprint density at radius 1 is 1.42 bits per heavy atom. The number of hydrogen-bond donors (Lipinski definition) is 1. The maximum Gasteiger partial charge on any atom is 0.176 e. The molecule has 1 rings (SSSR count). The van der Waals surface area contributed by atoms with E-state index in [4.69, 9.17) is 0 Å². The number of benzene rings is 1. The van der Waals surface area contributed by atoms with Crippen molar-refractivity contribution in [3.8, 4) is 0 Å². The summed E-state index contributed by atoms with van der Waals surface area (Å²) in [6, 6.07) is 9.27. The molecule has 12 heavy (non-hydrogen) atoms. The summed E-state index contributed by atoms with van der Waals surface area (Å²) < 4.78 is 0. The van der Waals surface area contributed by atoms with Gasteiger partial charge in [0.15, 0.2) is 5.78 Å². The number of carbonyl (C=O) groups is 1. The lowest BCUT2D eigenvalue weighted by Gasteiger charge is -1.99. The van der Waals surface area contributed by atoms with E-state index in [0.29, 0.717) is 6.54 Å². The van der Waals surface area contributed by atoms with Crippen LogP contribution >= 0.6 is 0 Å². The predicted molar refractivity (Wildman–Crippen MR) is 48.7 cm³/mol. The predicted octanol–water partition coefficient (Wildman–Crippen LogP) is 1.64. The Morgan fingerprint density at radius 2 is 2.08 bits per heavy atom. The van der Waals surface area contributed by atoms with E-state index in [-0.39, 0.29) is 5.78 Å². The van der Waals surface area contributed by atoms with Crippen molar-refractivity contribution in [2.75, 3.05) is 6.54 Å². The van der Waals surface area contributed by atoms with Crippen LogP contribution in [-0.2, 0) is 0 Å². The molecular weight excluding hydrogens is 150 g/mol. The molecule has 0 fully saturated rings. The number of nitrogens with one attached hydrogen (secondary N) is 1. The highest BCUT2D eigenvalue weighted by Crippen LogP contribution is 1.98. The Bertz CT molecular complexity index is 243. The van der Waals surface area contributed by atoms with Crippen molar-refractivity contribution in [3.05, 3.63) is 42.4 Å². The fraction of sp³-hybridized carbons (Fsp3) is 0.200. The molecule has 0 aliphatic rings. The van der Waals surface area contributed by atoms with E-state index in [1.165, 1.54) is 0 Å². The average molecular weight is 162 g/mol. The third-order valence-corrected chi connectivity index (χ3v) is 1.56. The van der Waals surface area contributed by atoms with E-state index in [2.05, 4.69) is 5.32 Å². The van der Waals surface area contributed by atoms with Crippen molar-refractivity contribution in [1.82, 2.24) is 5.32 Å². The minimum Gasteiger partial charge on any atom is -0.306 e. The summed E-state index contributed by atoms with van der Waals surface area (Å²) in [5.41, 5.74) is 0.756. The summed E-state index contributed by atoms with van der Waals surface area (Å²) in [5.74, 6) is 0.119. The Labute approximate surface area is 72.6 Å². The second kappa shape index (κ2) is 4.67. The summed E-state index contributed by atoms with van der Waals surface area (Å²) in [5, 5.41) is 2.87. The van der Waals surface area contributed by atoms with Crippen LogP contribution in [0.4, 0.5) is 0 Å². The fourth-order valence-electron chi connectivity index (χ4n) is 0.921. The van der Waals surface area contributed by atoms with Gasteiger partial charge in [0, 0.05) is 12.1 Å². The lowest BCUT2D eigenvalue weighted by atomic mass is 10.1. The average Bonchev–Trinajstić information content (AvgIpc) is 2.15. The van der Waals surface area contributed by atoms with Gasteiger partial charge < -0.3 is 5.32 Å². The van der Waals surface area contributed by atoms with Crippen molar-refractivity contribution >= 4 is 5.78 Å².